The van der Waals surface area contributed by atoms with Crippen LogP contribution in [0.3, 0.4) is 0 Å². The van der Waals surface area contributed by atoms with E-state index >= 15 is 0 Å². The maximum Gasteiger partial charge on any atom is 0.313 e. The number of carbonyl (C=O) groups is 1. The summed E-state index contributed by atoms with van der Waals surface area (Å²) in [4.78, 5) is 11.2. The monoisotopic (exact) mass is 346 g/mol. The van der Waals surface area contributed by atoms with Crippen LogP contribution in [0.4, 0.5) is 13.2 Å². The zero-order valence-electron chi connectivity index (χ0n) is 13.3. The van der Waals surface area contributed by atoms with Crippen molar-refractivity contribution in [3.05, 3.63) is 29.6 Å². The summed E-state index contributed by atoms with van der Waals surface area (Å²) < 4.78 is 53.9. The Labute approximate surface area is 138 Å². The largest absolute Gasteiger partial charge is 0.423 e. The smallest absolute Gasteiger partial charge is 0.313 e. The van der Waals surface area contributed by atoms with E-state index in [2.05, 4.69) is 0 Å². The lowest BCUT2D eigenvalue weighted by molar-refractivity contribution is -0.203. The van der Waals surface area contributed by atoms with Crippen molar-refractivity contribution in [1.82, 2.24) is 0 Å². The number of alkyl halides is 2. The Kier molecular flexibility index (Phi) is 7.52. The summed E-state index contributed by atoms with van der Waals surface area (Å²) in [6, 6.07) is 4.25. The van der Waals surface area contributed by atoms with Crippen LogP contribution >= 0.6 is 0 Å². The average molecular weight is 346 g/mol. The SMILES string of the molecule is O=C(CCF)Oc1ccc(CCC2OCC(CCF)CO2)cc1F. The van der Waals surface area contributed by atoms with E-state index in [1.807, 2.05) is 0 Å². The molecule has 4 nitrogen and oxygen atoms in total. The van der Waals surface area contributed by atoms with Crippen LogP contribution in [0.25, 0.3) is 0 Å². The van der Waals surface area contributed by atoms with Gasteiger partial charge in [0.15, 0.2) is 17.9 Å². The predicted octanol–water partition coefficient (Wildman–Crippen LogP) is 3.37. The van der Waals surface area contributed by atoms with Crippen molar-refractivity contribution in [2.75, 3.05) is 26.6 Å². The lowest BCUT2D eigenvalue weighted by Crippen LogP contribution is -2.32. The second-order valence-corrected chi connectivity index (χ2v) is 5.66. The first-order valence-electron chi connectivity index (χ1n) is 7.96. The van der Waals surface area contributed by atoms with Crippen molar-refractivity contribution in [2.24, 2.45) is 5.92 Å². The van der Waals surface area contributed by atoms with Crippen molar-refractivity contribution < 1.29 is 32.2 Å². The summed E-state index contributed by atoms with van der Waals surface area (Å²) in [5.74, 6) is -1.61. The second-order valence-electron chi connectivity index (χ2n) is 5.66. The quantitative estimate of drug-likeness (QED) is 0.535. The standard InChI is InChI=1S/C17H21F3O4/c18-7-5-13-10-22-17(23-11-13)4-2-12-1-3-15(14(20)9-12)24-16(21)6-8-19/h1,3,9,13,17H,2,4-8,10-11H2. The van der Waals surface area contributed by atoms with Crippen molar-refractivity contribution in [3.8, 4) is 5.75 Å². The molecular weight excluding hydrogens is 325 g/mol. The molecule has 2 rings (SSSR count). The fourth-order valence-electron chi connectivity index (χ4n) is 2.39. The molecular formula is C17H21F3O4. The fraction of sp³-hybridized carbons (Fsp3) is 0.588. The predicted molar refractivity (Wildman–Crippen MR) is 80.7 cm³/mol. The van der Waals surface area contributed by atoms with Gasteiger partial charge >= 0.3 is 5.97 Å². The Morgan fingerprint density at radius 1 is 1.17 bits per heavy atom. The van der Waals surface area contributed by atoms with E-state index in [-0.39, 0.29) is 24.6 Å². The fourth-order valence-corrected chi connectivity index (χ4v) is 2.39. The van der Waals surface area contributed by atoms with Crippen molar-refractivity contribution in [1.29, 1.82) is 0 Å². The van der Waals surface area contributed by atoms with Gasteiger partial charge in [-0.3, -0.25) is 13.6 Å². The molecule has 1 aliphatic rings. The number of hydrogen-bond acceptors (Lipinski definition) is 4. The van der Waals surface area contributed by atoms with Crippen LogP contribution in [0.5, 0.6) is 5.75 Å². The Morgan fingerprint density at radius 3 is 2.54 bits per heavy atom. The number of benzene rings is 1. The molecule has 1 aliphatic heterocycles. The molecule has 0 unspecified atom stereocenters. The zero-order valence-corrected chi connectivity index (χ0v) is 13.3. The molecule has 0 aromatic heterocycles. The minimum Gasteiger partial charge on any atom is -0.423 e. The zero-order chi connectivity index (χ0) is 17.4. The molecule has 1 aromatic rings. The summed E-state index contributed by atoms with van der Waals surface area (Å²) in [7, 11) is 0. The molecule has 0 N–H and O–H groups in total. The summed E-state index contributed by atoms with van der Waals surface area (Å²) >= 11 is 0. The van der Waals surface area contributed by atoms with Crippen LogP contribution < -0.4 is 4.74 Å². The number of ether oxygens (including phenoxy) is 3. The van der Waals surface area contributed by atoms with Gasteiger partial charge in [-0.15, -0.1) is 0 Å². The van der Waals surface area contributed by atoms with Gasteiger partial charge in [-0.1, -0.05) is 6.07 Å². The van der Waals surface area contributed by atoms with E-state index in [4.69, 9.17) is 14.2 Å². The van der Waals surface area contributed by atoms with Gasteiger partial charge in [0.1, 0.15) is 0 Å². The van der Waals surface area contributed by atoms with Gasteiger partial charge in [-0.2, -0.15) is 0 Å². The highest BCUT2D eigenvalue weighted by Crippen LogP contribution is 2.22. The lowest BCUT2D eigenvalue weighted by Gasteiger charge is -2.29. The molecule has 1 heterocycles. The Morgan fingerprint density at radius 2 is 1.92 bits per heavy atom. The third kappa shape index (κ3) is 5.79. The Balaban J connectivity index is 1.79. The highest BCUT2D eigenvalue weighted by Gasteiger charge is 2.22. The van der Waals surface area contributed by atoms with Gasteiger partial charge < -0.3 is 14.2 Å². The third-order valence-electron chi connectivity index (χ3n) is 3.74. The van der Waals surface area contributed by atoms with E-state index < -0.39 is 24.9 Å². The summed E-state index contributed by atoms with van der Waals surface area (Å²) in [5, 5.41) is 0. The third-order valence-corrected chi connectivity index (χ3v) is 3.74. The number of halogens is 3. The van der Waals surface area contributed by atoms with Crippen molar-refractivity contribution in [2.45, 2.75) is 32.0 Å². The van der Waals surface area contributed by atoms with E-state index in [0.717, 1.165) is 0 Å². The van der Waals surface area contributed by atoms with Crippen LogP contribution in [-0.4, -0.2) is 38.8 Å². The van der Waals surface area contributed by atoms with Crippen LogP contribution in [0.1, 0.15) is 24.8 Å². The first kappa shape index (κ1) is 18.7. The lowest BCUT2D eigenvalue weighted by atomic mass is 10.1. The normalized spacial score (nSPS) is 20.8. The molecule has 0 saturated carbocycles. The van der Waals surface area contributed by atoms with Crippen molar-refractivity contribution >= 4 is 5.97 Å². The van der Waals surface area contributed by atoms with Gasteiger partial charge in [0.2, 0.25) is 0 Å². The summed E-state index contributed by atoms with van der Waals surface area (Å²) in [6.07, 6.45) is 0.712. The molecule has 0 aliphatic carbocycles. The molecule has 134 valence electrons. The maximum atomic E-state index is 13.9. The second kappa shape index (κ2) is 9.64. The number of aryl methyl sites for hydroxylation is 1. The van der Waals surface area contributed by atoms with E-state index in [0.29, 0.717) is 38.0 Å². The highest BCUT2D eigenvalue weighted by atomic mass is 19.1. The molecule has 1 aromatic carbocycles. The van der Waals surface area contributed by atoms with Crippen LogP contribution in [0, 0.1) is 11.7 Å². The molecule has 0 radical (unpaired) electrons. The van der Waals surface area contributed by atoms with Gasteiger partial charge in [0.05, 0.1) is 33.0 Å². The van der Waals surface area contributed by atoms with E-state index in [1.54, 1.807) is 6.07 Å². The maximum absolute atomic E-state index is 13.9. The molecule has 1 saturated heterocycles. The molecule has 1 fully saturated rings. The van der Waals surface area contributed by atoms with Crippen LogP contribution in [-0.2, 0) is 20.7 Å². The average Bonchev–Trinajstić information content (AvgIpc) is 2.57. The van der Waals surface area contributed by atoms with Gasteiger partial charge in [0, 0.05) is 12.3 Å². The van der Waals surface area contributed by atoms with Gasteiger partial charge in [-0.25, -0.2) is 4.39 Å². The Bertz CT molecular complexity index is 531. The highest BCUT2D eigenvalue weighted by molar-refractivity contribution is 5.72. The van der Waals surface area contributed by atoms with E-state index in [9.17, 15) is 18.0 Å². The van der Waals surface area contributed by atoms with E-state index in [1.165, 1.54) is 12.1 Å². The van der Waals surface area contributed by atoms with Crippen LogP contribution in [0.15, 0.2) is 18.2 Å². The van der Waals surface area contributed by atoms with Crippen LogP contribution in [0.2, 0.25) is 0 Å². The minimum absolute atomic E-state index is 0.0852. The first-order chi connectivity index (χ1) is 11.6. The molecule has 0 bridgehead atoms. The number of carbonyl (C=O) groups excluding carboxylic acids is 1. The number of esters is 1. The van der Waals surface area contributed by atoms with Gasteiger partial charge in [-0.05, 0) is 30.5 Å². The van der Waals surface area contributed by atoms with Gasteiger partial charge in [0.25, 0.3) is 0 Å². The molecule has 0 amide bonds. The number of rotatable bonds is 8. The topological polar surface area (TPSA) is 44.8 Å². The number of hydrogen-bond donors (Lipinski definition) is 0. The first-order valence-corrected chi connectivity index (χ1v) is 7.96. The summed E-state index contributed by atoms with van der Waals surface area (Å²) in [6.45, 7) is -0.297. The molecule has 7 heteroatoms. The minimum atomic E-state index is -0.841. The summed E-state index contributed by atoms with van der Waals surface area (Å²) in [5.41, 5.74) is 0.705. The molecule has 0 atom stereocenters. The molecule has 0 spiro atoms. The molecule has 24 heavy (non-hydrogen) atoms. The Hall–Kier alpha value is -1.60. The van der Waals surface area contributed by atoms with Crippen molar-refractivity contribution in [3.63, 3.8) is 0 Å².